The second kappa shape index (κ2) is 3.49. The van der Waals surface area contributed by atoms with E-state index in [9.17, 15) is 0 Å². The lowest BCUT2D eigenvalue weighted by Crippen LogP contribution is -2.52. The highest BCUT2D eigenvalue weighted by Gasteiger charge is 2.43. The molecule has 2 N–H and O–H groups in total. The van der Waals surface area contributed by atoms with Gasteiger partial charge in [-0.15, -0.1) is 0 Å². The minimum Gasteiger partial charge on any atom is -0.321 e. The first-order valence-corrected chi connectivity index (χ1v) is 5.67. The lowest BCUT2D eigenvalue weighted by atomic mass is 9.62. The van der Waals surface area contributed by atoms with Crippen LogP contribution in [0.3, 0.4) is 0 Å². The van der Waals surface area contributed by atoms with Crippen molar-refractivity contribution in [3.8, 4) is 0 Å². The maximum atomic E-state index is 6.50. The molecule has 0 aliphatic heterocycles. The summed E-state index contributed by atoms with van der Waals surface area (Å²) in [4.78, 5) is 0. The van der Waals surface area contributed by atoms with Gasteiger partial charge in [-0.05, 0) is 29.0 Å². The highest BCUT2D eigenvalue weighted by atomic mass is 14.8. The molecule has 0 saturated carbocycles. The Morgan fingerprint density at radius 2 is 2.33 bits per heavy atom. The van der Waals surface area contributed by atoms with Gasteiger partial charge < -0.3 is 5.73 Å². The number of nitrogens with two attached hydrogens (primary N) is 1. The molecule has 15 heavy (non-hydrogen) atoms. The Morgan fingerprint density at radius 1 is 1.60 bits per heavy atom. The zero-order valence-electron chi connectivity index (χ0n) is 9.59. The fraction of sp³-hybridized carbons (Fsp3) is 0.429. The van der Waals surface area contributed by atoms with Crippen LogP contribution in [-0.4, -0.2) is 0 Å². The smallest absolute Gasteiger partial charge is 0.0485 e. The fourth-order valence-corrected chi connectivity index (χ4v) is 2.59. The van der Waals surface area contributed by atoms with Crippen LogP contribution in [0.1, 0.15) is 37.0 Å². The van der Waals surface area contributed by atoms with E-state index in [2.05, 4.69) is 38.6 Å². The van der Waals surface area contributed by atoms with Crippen LogP contribution >= 0.6 is 0 Å². The summed E-state index contributed by atoms with van der Waals surface area (Å²) >= 11 is 0. The quantitative estimate of drug-likeness (QED) is 0.799. The first kappa shape index (κ1) is 10.4. The number of rotatable bonds is 3. The van der Waals surface area contributed by atoms with E-state index in [0.29, 0.717) is 5.92 Å². The average Bonchev–Trinajstić information content (AvgIpc) is 2.25. The van der Waals surface area contributed by atoms with Crippen LogP contribution in [0.2, 0.25) is 0 Å². The number of hydrogen-bond donors (Lipinski definition) is 1. The van der Waals surface area contributed by atoms with Gasteiger partial charge in [0.1, 0.15) is 0 Å². The van der Waals surface area contributed by atoms with Crippen molar-refractivity contribution in [2.75, 3.05) is 0 Å². The Kier molecular flexibility index (Phi) is 2.43. The van der Waals surface area contributed by atoms with Crippen molar-refractivity contribution in [2.24, 2.45) is 11.7 Å². The molecule has 1 aromatic rings. The molecule has 2 rings (SSSR count). The third-order valence-electron chi connectivity index (χ3n) is 3.84. The molecule has 0 saturated heterocycles. The second-order valence-electron chi connectivity index (χ2n) is 4.61. The Balaban J connectivity index is 2.48. The van der Waals surface area contributed by atoms with Gasteiger partial charge in [0.2, 0.25) is 0 Å². The Labute approximate surface area is 92.0 Å². The SMILES string of the molecule is C=Cc1cccc2c1C(N)(C(C)CC)C2. The summed E-state index contributed by atoms with van der Waals surface area (Å²) in [5.74, 6) is 0.533. The van der Waals surface area contributed by atoms with Crippen LogP contribution in [0.4, 0.5) is 0 Å². The topological polar surface area (TPSA) is 26.0 Å². The maximum Gasteiger partial charge on any atom is 0.0485 e. The summed E-state index contributed by atoms with van der Waals surface area (Å²) in [5.41, 5.74) is 10.3. The second-order valence-corrected chi connectivity index (χ2v) is 4.61. The molecule has 0 aromatic heterocycles. The standard InChI is InChI=1S/C14H19N/c1-4-10(3)14(15)9-12-8-6-7-11(5-2)13(12)14/h5-8,10H,2,4,9,15H2,1,3H3. The van der Waals surface area contributed by atoms with Crippen molar-refractivity contribution in [3.63, 3.8) is 0 Å². The normalized spacial score (nSPS) is 25.3. The summed E-state index contributed by atoms with van der Waals surface area (Å²) in [5, 5.41) is 0. The van der Waals surface area contributed by atoms with E-state index >= 15 is 0 Å². The summed E-state index contributed by atoms with van der Waals surface area (Å²) in [6, 6.07) is 6.37. The molecular formula is C14H19N. The van der Waals surface area contributed by atoms with Gasteiger partial charge in [-0.25, -0.2) is 0 Å². The molecular weight excluding hydrogens is 182 g/mol. The molecule has 1 heteroatoms. The minimum atomic E-state index is -0.116. The van der Waals surface area contributed by atoms with E-state index < -0.39 is 0 Å². The van der Waals surface area contributed by atoms with Crippen LogP contribution in [0, 0.1) is 5.92 Å². The van der Waals surface area contributed by atoms with Gasteiger partial charge in [-0.3, -0.25) is 0 Å². The predicted molar refractivity (Wildman–Crippen MR) is 65.6 cm³/mol. The monoisotopic (exact) mass is 201 g/mol. The molecule has 1 aliphatic carbocycles. The third-order valence-corrected chi connectivity index (χ3v) is 3.84. The molecule has 0 spiro atoms. The molecule has 0 radical (unpaired) electrons. The van der Waals surface area contributed by atoms with E-state index in [-0.39, 0.29) is 5.54 Å². The van der Waals surface area contributed by atoms with E-state index in [0.717, 1.165) is 12.8 Å². The summed E-state index contributed by atoms with van der Waals surface area (Å²) < 4.78 is 0. The van der Waals surface area contributed by atoms with Gasteiger partial charge in [0.25, 0.3) is 0 Å². The van der Waals surface area contributed by atoms with Gasteiger partial charge >= 0.3 is 0 Å². The van der Waals surface area contributed by atoms with E-state index in [4.69, 9.17) is 5.73 Å². The highest BCUT2D eigenvalue weighted by molar-refractivity contribution is 5.61. The predicted octanol–water partition coefficient (Wildman–Crippen LogP) is 3.09. The summed E-state index contributed by atoms with van der Waals surface area (Å²) in [6.07, 6.45) is 4.06. The van der Waals surface area contributed by atoms with Crippen molar-refractivity contribution in [1.29, 1.82) is 0 Å². The Morgan fingerprint density at radius 3 is 2.93 bits per heavy atom. The Hall–Kier alpha value is -1.08. The third kappa shape index (κ3) is 1.34. The van der Waals surface area contributed by atoms with Crippen molar-refractivity contribution in [2.45, 2.75) is 32.2 Å². The van der Waals surface area contributed by atoms with Gasteiger partial charge in [0.05, 0.1) is 0 Å². The zero-order valence-corrected chi connectivity index (χ0v) is 9.59. The van der Waals surface area contributed by atoms with Gasteiger partial charge in [-0.2, -0.15) is 0 Å². The van der Waals surface area contributed by atoms with Crippen LogP contribution in [0.25, 0.3) is 6.08 Å². The molecule has 0 amide bonds. The minimum absolute atomic E-state index is 0.116. The first-order valence-electron chi connectivity index (χ1n) is 5.67. The van der Waals surface area contributed by atoms with Crippen LogP contribution < -0.4 is 5.73 Å². The summed E-state index contributed by atoms with van der Waals surface area (Å²) in [6.45, 7) is 8.30. The molecule has 0 fully saturated rings. The van der Waals surface area contributed by atoms with Crippen molar-refractivity contribution in [1.82, 2.24) is 0 Å². The molecule has 1 aliphatic rings. The van der Waals surface area contributed by atoms with Gasteiger partial charge in [0, 0.05) is 5.54 Å². The number of fused-ring (bicyclic) bond motifs is 1. The molecule has 0 heterocycles. The largest absolute Gasteiger partial charge is 0.321 e. The maximum absolute atomic E-state index is 6.50. The van der Waals surface area contributed by atoms with Gasteiger partial charge in [0.15, 0.2) is 0 Å². The van der Waals surface area contributed by atoms with Crippen LogP contribution in [0.5, 0.6) is 0 Å². The van der Waals surface area contributed by atoms with E-state index in [1.54, 1.807) is 0 Å². The Bertz CT molecular complexity index is 394. The lowest BCUT2D eigenvalue weighted by Gasteiger charge is -2.46. The van der Waals surface area contributed by atoms with Crippen molar-refractivity contribution in [3.05, 3.63) is 41.5 Å². The molecule has 0 bridgehead atoms. The lowest BCUT2D eigenvalue weighted by molar-refractivity contribution is 0.248. The zero-order chi connectivity index (χ0) is 11.1. The van der Waals surface area contributed by atoms with Crippen molar-refractivity contribution >= 4 is 6.08 Å². The van der Waals surface area contributed by atoms with Crippen LogP contribution in [-0.2, 0) is 12.0 Å². The number of benzene rings is 1. The first-order chi connectivity index (χ1) is 7.13. The van der Waals surface area contributed by atoms with Crippen molar-refractivity contribution < 1.29 is 0 Å². The molecule has 2 unspecified atom stereocenters. The van der Waals surface area contributed by atoms with Gasteiger partial charge in [-0.1, -0.05) is 51.1 Å². The highest BCUT2D eigenvalue weighted by Crippen LogP contribution is 2.45. The van der Waals surface area contributed by atoms with E-state index in [1.807, 2.05) is 6.08 Å². The van der Waals surface area contributed by atoms with E-state index in [1.165, 1.54) is 16.7 Å². The molecule has 2 atom stereocenters. The molecule has 80 valence electrons. The molecule has 1 aromatic carbocycles. The summed E-state index contributed by atoms with van der Waals surface area (Å²) in [7, 11) is 0. The molecule has 1 nitrogen and oxygen atoms in total. The fourth-order valence-electron chi connectivity index (χ4n) is 2.59. The average molecular weight is 201 g/mol. The van der Waals surface area contributed by atoms with Crippen LogP contribution in [0.15, 0.2) is 24.8 Å². The number of hydrogen-bond acceptors (Lipinski definition) is 1.